The van der Waals surface area contributed by atoms with Crippen LogP contribution in [0, 0.1) is 13.8 Å². The van der Waals surface area contributed by atoms with Crippen LogP contribution in [0.5, 0.6) is 5.75 Å². The smallest absolute Gasteiger partial charge is 0.389 e. The summed E-state index contributed by atoms with van der Waals surface area (Å²) in [4.78, 5) is 12.5. The van der Waals surface area contributed by atoms with E-state index >= 15 is 0 Å². The van der Waals surface area contributed by atoms with Crippen LogP contribution in [0.1, 0.15) is 64.3 Å². The van der Waals surface area contributed by atoms with Gasteiger partial charge in [0.15, 0.2) is 5.82 Å². The largest absolute Gasteiger partial charge is 0.486 e. The van der Waals surface area contributed by atoms with E-state index in [0.29, 0.717) is 22.7 Å². The van der Waals surface area contributed by atoms with Crippen LogP contribution in [0.4, 0.5) is 13.2 Å². The van der Waals surface area contributed by atoms with Crippen LogP contribution in [-0.2, 0) is 6.54 Å². The molecule has 10 heteroatoms. The molecular formula is C30H30F3N5O2. The van der Waals surface area contributed by atoms with Gasteiger partial charge in [0.05, 0.1) is 6.54 Å². The minimum Gasteiger partial charge on any atom is -0.486 e. The Morgan fingerprint density at radius 3 is 2.20 bits per heavy atom. The number of tetrazole rings is 1. The fourth-order valence-electron chi connectivity index (χ4n) is 4.49. The van der Waals surface area contributed by atoms with Crippen molar-refractivity contribution >= 4 is 11.5 Å². The molecule has 1 atom stereocenters. The Morgan fingerprint density at radius 1 is 1.02 bits per heavy atom. The maximum atomic E-state index is 13.2. The maximum absolute atomic E-state index is 13.2. The molecule has 0 saturated carbocycles. The number of rotatable bonds is 10. The highest BCUT2D eigenvalue weighted by Gasteiger charge is 2.30. The molecule has 0 spiro atoms. The lowest BCUT2D eigenvalue weighted by Gasteiger charge is -2.22. The van der Waals surface area contributed by atoms with E-state index in [1.54, 1.807) is 24.3 Å². The molecule has 0 saturated heterocycles. The van der Waals surface area contributed by atoms with Gasteiger partial charge in [0, 0.05) is 12.0 Å². The number of aryl methyl sites for hydroxylation is 2. The second-order valence-electron chi connectivity index (χ2n) is 9.68. The third kappa shape index (κ3) is 7.34. The first-order valence-corrected chi connectivity index (χ1v) is 12.7. The molecule has 4 aromatic rings. The van der Waals surface area contributed by atoms with E-state index in [-0.39, 0.29) is 18.9 Å². The fraction of sp³-hybridized carbons (Fsp3) is 0.267. The van der Waals surface area contributed by atoms with Crippen molar-refractivity contribution in [3.63, 3.8) is 0 Å². The topological polar surface area (TPSA) is 92.8 Å². The Hall–Kier alpha value is -4.47. The van der Waals surface area contributed by atoms with Crippen molar-refractivity contribution in [1.29, 1.82) is 0 Å². The summed E-state index contributed by atoms with van der Waals surface area (Å²) in [5.74, 6) is 0.430. The zero-order valence-corrected chi connectivity index (χ0v) is 22.5. The average molecular weight is 550 g/mol. The number of hydrogen-bond donors (Lipinski definition) is 2. The first-order chi connectivity index (χ1) is 19.0. The van der Waals surface area contributed by atoms with E-state index < -0.39 is 18.7 Å². The van der Waals surface area contributed by atoms with Gasteiger partial charge in [0.2, 0.25) is 0 Å². The highest BCUT2D eigenvalue weighted by atomic mass is 19.4. The zero-order valence-electron chi connectivity index (χ0n) is 22.5. The highest BCUT2D eigenvalue weighted by Crippen LogP contribution is 2.36. The van der Waals surface area contributed by atoms with E-state index in [1.165, 1.54) is 0 Å². The molecule has 7 nitrogen and oxygen atoms in total. The lowest BCUT2D eigenvalue weighted by Crippen LogP contribution is -2.23. The van der Waals surface area contributed by atoms with Crippen LogP contribution in [0.25, 0.3) is 16.7 Å². The molecule has 3 aromatic carbocycles. The second kappa shape index (κ2) is 12.1. The molecule has 0 aliphatic carbocycles. The Kier molecular flexibility index (Phi) is 8.67. The molecule has 1 aromatic heterocycles. The number of allylic oxidation sites excluding steroid dienone is 1. The van der Waals surface area contributed by atoms with Gasteiger partial charge in [-0.05, 0) is 84.8 Å². The number of nitrogens with zero attached hydrogens (tertiary/aromatic N) is 3. The summed E-state index contributed by atoms with van der Waals surface area (Å²) in [6.45, 7) is 9.92. The van der Waals surface area contributed by atoms with Gasteiger partial charge in [0.25, 0.3) is 5.91 Å². The Labute approximate surface area is 230 Å². The van der Waals surface area contributed by atoms with Crippen molar-refractivity contribution < 1.29 is 22.7 Å². The van der Waals surface area contributed by atoms with Gasteiger partial charge in [0.1, 0.15) is 11.9 Å². The third-order valence-electron chi connectivity index (χ3n) is 6.48. The quantitative estimate of drug-likeness (QED) is 0.224. The molecule has 1 amide bonds. The molecule has 1 heterocycles. The molecule has 0 aliphatic rings. The number of aromatic nitrogens is 4. The normalized spacial score (nSPS) is 12.2. The van der Waals surface area contributed by atoms with E-state index in [0.717, 1.165) is 33.4 Å². The Morgan fingerprint density at radius 2 is 1.65 bits per heavy atom. The maximum Gasteiger partial charge on any atom is 0.389 e. The van der Waals surface area contributed by atoms with Crippen molar-refractivity contribution in [1.82, 2.24) is 25.9 Å². The van der Waals surface area contributed by atoms with Crippen LogP contribution in [0.2, 0.25) is 0 Å². The molecule has 2 N–H and O–H groups in total. The summed E-state index contributed by atoms with van der Waals surface area (Å²) in [5, 5.41) is 15.9. The third-order valence-corrected chi connectivity index (χ3v) is 6.48. The van der Waals surface area contributed by atoms with Gasteiger partial charge < -0.3 is 10.1 Å². The zero-order chi connectivity index (χ0) is 28.9. The standard InChI is InChI=1S/C30H30F3N5O2/c1-18(2)21-5-9-23(10-6-21)28-19(3)15-25(16-20(28)4)40-26(13-14-30(31,32)33)22-7-11-24(12-8-22)29(39)34-17-27-35-37-38-36-27/h5-12,15-16,26H,1,13-14,17H2,2-4H3,(H,34,39)(H,35,36,37,38). The molecule has 208 valence electrons. The fourth-order valence-corrected chi connectivity index (χ4v) is 4.49. The number of alkyl halides is 3. The monoisotopic (exact) mass is 549 g/mol. The van der Waals surface area contributed by atoms with Gasteiger partial charge in [-0.3, -0.25) is 4.79 Å². The van der Waals surface area contributed by atoms with Crippen LogP contribution < -0.4 is 10.1 Å². The summed E-state index contributed by atoms with van der Waals surface area (Å²) in [5.41, 5.74) is 6.89. The number of nitrogens with one attached hydrogen (secondary N) is 2. The van der Waals surface area contributed by atoms with E-state index in [9.17, 15) is 18.0 Å². The second-order valence-corrected chi connectivity index (χ2v) is 9.68. The summed E-state index contributed by atoms with van der Waals surface area (Å²) in [6, 6.07) is 18.1. The Balaban J connectivity index is 1.54. The number of carbonyl (C=O) groups excluding carboxylic acids is 1. The number of hydrogen-bond acceptors (Lipinski definition) is 5. The molecule has 0 radical (unpaired) electrons. The molecule has 0 fully saturated rings. The van der Waals surface area contributed by atoms with Crippen molar-refractivity contribution in [3.05, 3.63) is 101 Å². The Bertz CT molecular complexity index is 1440. The van der Waals surface area contributed by atoms with Crippen molar-refractivity contribution in [2.75, 3.05) is 0 Å². The first-order valence-electron chi connectivity index (χ1n) is 12.7. The molecule has 0 aliphatic heterocycles. The minimum atomic E-state index is -4.33. The summed E-state index contributed by atoms with van der Waals surface area (Å²) >= 11 is 0. The highest BCUT2D eigenvalue weighted by molar-refractivity contribution is 5.94. The first kappa shape index (κ1) is 28.5. The van der Waals surface area contributed by atoms with Crippen molar-refractivity contribution in [2.45, 2.75) is 52.4 Å². The number of aromatic amines is 1. The molecule has 4 rings (SSSR count). The van der Waals surface area contributed by atoms with E-state index in [2.05, 4.69) is 32.5 Å². The number of ether oxygens (including phenoxy) is 1. The molecule has 0 bridgehead atoms. The summed E-state index contributed by atoms with van der Waals surface area (Å²) in [6.07, 6.45) is -6.47. The van der Waals surface area contributed by atoms with Gasteiger partial charge >= 0.3 is 6.18 Å². The van der Waals surface area contributed by atoms with Crippen LogP contribution in [-0.4, -0.2) is 32.7 Å². The van der Waals surface area contributed by atoms with Gasteiger partial charge in [-0.1, -0.05) is 53.8 Å². The van der Waals surface area contributed by atoms with Crippen molar-refractivity contribution in [3.8, 4) is 16.9 Å². The number of halogens is 3. The predicted molar refractivity (Wildman–Crippen MR) is 147 cm³/mol. The lowest BCUT2D eigenvalue weighted by molar-refractivity contribution is -0.139. The number of carbonyl (C=O) groups is 1. The molecular weight excluding hydrogens is 519 g/mol. The van der Waals surface area contributed by atoms with Crippen LogP contribution in [0.3, 0.4) is 0 Å². The van der Waals surface area contributed by atoms with Gasteiger partial charge in [-0.25, -0.2) is 0 Å². The van der Waals surface area contributed by atoms with Crippen molar-refractivity contribution in [2.24, 2.45) is 0 Å². The number of benzene rings is 3. The number of amides is 1. The van der Waals surface area contributed by atoms with Gasteiger partial charge in [-0.15, -0.1) is 10.2 Å². The van der Waals surface area contributed by atoms with Crippen LogP contribution in [0.15, 0.2) is 67.2 Å². The van der Waals surface area contributed by atoms with Gasteiger partial charge in [-0.2, -0.15) is 18.4 Å². The SMILES string of the molecule is C=C(C)c1ccc(-c2c(C)cc(OC(CCC(F)(F)F)c3ccc(C(=O)NCc4nn[nH]n4)cc3)cc2C)cc1. The van der Waals surface area contributed by atoms with E-state index in [4.69, 9.17) is 4.74 Å². The van der Waals surface area contributed by atoms with E-state index in [1.807, 2.05) is 57.2 Å². The lowest BCUT2D eigenvalue weighted by atomic mass is 9.94. The summed E-state index contributed by atoms with van der Waals surface area (Å²) in [7, 11) is 0. The molecule has 40 heavy (non-hydrogen) atoms. The molecule has 1 unspecified atom stereocenters. The number of H-pyrrole nitrogens is 1. The minimum absolute atomic E-state index is 0.0845. The predicted octanol–water partition coefficient (Wildman–Crippen LogP) is 6.91. The van der Waals surface area contributed by atoms with Crippen LogP contribution >= 0.6 is 0 Å². The average Bonchev–Trinajstić information content (AvgIpc) is 3.43. The summed E-state index contributed by atoms with van der Waals surface area (Å²) < 4.78 is 45.6.